The zero-order valence-electron chi connectivity index (χ0n) is 8.23. The molecule has 1 rings (SSSR count). The first kappa shape index (κ1) is 11.0. The SMILES string of the molecule is C[C@H](Nc1cc(N)ccc1C=O)C(=O)O. The number of carbonyl (C=O) groups is 2. The summed E-state index contributed by atoms with van der Waals surface area (Å²) in [5.41, 5.74) is 6.82. The molecule has 0 aliphatic carbocycles. The number of nitrogens with one attached hydrogen (secondary N) is 1. The minimum atomic E-state index is -0.991. The number of hydrogen-bond donors (Lipinski definition) is 3. The molecular weight excluding hydrogens is 196 g/mol. The maximum Gasteiger partial charge on any atom is 0.325 e. The van der Waals surface area contributed by atoms with E-state index in [0.717, 1.165) is 0 Å². The number of nitrogens with two attached hydrogens (primary N) is 1. The molecule has 0 unspecified atom stereocenters. The van der Waals surface area contributed by atoms with Crippen LogP contribution in [0.5, 0.6) is 0 Å². The van der Waals surface area contributed by atoms with Crippen LogP contribution in [0.3, 0.4) is 0 Å². The van der Waals surface area contributed by atoms with Crippen LogP contribution in [0.2, 0.25) is 0 Å². The molecule has 0 spiro atoms. The number of hydrogen-bond acceptors (Lipinski definition) is 4. The lowest BCUT2D eigenvalue weighted by Crippen LogP contribution is -2.26. The smallest absolute Gasteiger partial charge is 0.325 e. The van der Waals surface area contributed by atoms with Crippen molar-refractivity contribution in [3.8, 4) is 0 Å². The van der Waals surface area contributed by atoms with Gasteiger partial charge in [-0.3, -0.25) is 9.59 Å². The Morgan fingerprint density at radius 2 is 2.27 bits per heavy atom. The molecule has 0 radical (unpaired) electrons. The fourth-order valence-corrected chi connectivity index (χ4v) is 1.10. The molecule has 80 valence electrons. The van der Waals surface area contributed by atoms with Crippen molar-refractivity contribution in [1.29, 1.82) is 0 Å². The Hall–Kier alpha value is -2.04. The van der Waals surface area contributed by atoms with Gasteiger partial charge in [0.15, 0.2) is 6.29 Å². The summed E-state index contributed by atoms with van der Waals surface area (Å²) in [4.78, 5) is 21.3. The normalized spacial score (nSPS) is 11.8. The summed E-state index contributed by atoms with van der Waals surface area (Å²) < 4.78 is 0. The molecule has 0 heterocycles. The van der Waals surface area contributed by atoms with Gasteiger partial charge in [0.25, 0.3) is 0 Å². The highest BCUT2D eigenvalue weighted by molar-refractivity contribution is 5.87. The molecule has 15 heavy (non-hydrogen) atoms. The van der Waals surface area contributed by atoms with E-state index in [1.807, 2.05) is 0 Å². The summed E-state index contributed by atoms with van der Waals surface area (Å²) in [6, 6.07) is 3.88. The lowest BCUT2D eigenvalue weighted by molar-refractivity contribution is -0.137. The van der Waals surface area contributed by atoms with E-state index >= 15 is 0 Å². The molecule has 0 bridgehead atoms. The lowest BCUT2D eigenvalue weighted by Gasteiger charge is -2.12. The highest BCUT2D eigenvalue weighted by Gasteiger charge is 2.12. The third kappa shape index (κ3) is 2.70. The lowest BCUT2D eigenvalue weighted by atomic mass is 10.1. The fraction of sp³-hybridized carbons (Fsp3) is 0.200. The molecule has 5 heteroatoms. The third-order valence-electron chi connectivity index (χ3n) is 1.95. The molecule has 0 aliphatic rings. The number of carboxylic acid groups (broad SMARTS) is 1. The molecule has 0 amide bonds. The van der Waals surface area contributed by atoms with Gasteiger partial charge in [0.05, 0.1) is 0 Å². The van der Waals surface area contributed by atoms with Gasteiger partial charge in [-0.1, -0.05) is 0 Å². The van der Waals surface area contributed by atoms with Crippen LogP contribution in [0.15, 0.2) is 18.2 Å². The Labute approximate surface area is 86.9 Å². The average Bonchev–Trinajstić information content (AvgIpc) is 2.18. The Balaban J connectivity index is 2.96. The van der Waals surface area contributed by atoms with Crippen molar-refractivity contribution in [3.63, 3.8) is 0 Å². The first-order chi connectivity index (χ1) is 7.04. The van der Waals surface area contributed by atoms with Gasteiger partial charge >= 0.3 is 5.97 Å². The van der Waals surface area contributed by atoms with E-state index < -0.39 is 12.0 Å². The highest BCUT2D eigenvalue weighted by atomic mass is 16.4. The van der Waals surface area contributed by atoms with Crippen molar-refractivity contribution in [3.05, 3.63) is 23.8 Å². The van der Waals surface area contributed by atoms with Crippen molar-refractivity contribution in [2.24, 2.45) is 0 Å². The van der Waals surface area contributed by atoms with Gasteiger partial charge in [0, 0.05) is 16.9 Å². The minimum absolute atomic E-state index is 0.386. The fourth-order valence-electron chi connectivity index (χ4n) is 1.10. The Bertz CT molecular complexity index is 390. The first-order valence-corrected chi connectivity index (χ1v) is 4.38. The second-order valence-electron chi connectivity index (χ2n) is 3.17. The molecule has 0 saturated heterocycles. The van der Waals surface area contributed by atoms with Gasteiger partial charge in [-0.25, -0.2) is 0 Å². The van der Waals surface area contributed by atoms with Gasteiger partial charge in [-0.05, 0) is 25.1 Å². The molecule has 0 saturated carbocycles. The molecule has 0 aromatic heterocycles. The van der Waals surface area contributed by atoms with Crippen LogP contribution in [0, 0.1) is 0 Å². The van der Waals surface area contributed by atoms with Gasteiger partial charge in [-0.2, -0.15) is 0 Å². The van der Waals surface area contributed by atoms with Gasteiger partial charge < -0.3 is 16.2 Å². The number of carboxylic acids is 1. The number of anilines is 2. The van der Waals surface area contributed by atoms with Crippen molar-refractivity contribution in [2.75, 3.05) is 11.1 Å². The number of aliphatic carboxylic acids is 1. The summed E-state index contributed by atoms with van der Waals surface area (Å²) in [5, 5.41) is 11.4. The predicted octanol–water partition coefficient (Wildman–Crippen LogP) is 0.966. The summed E-state index contributed by atoms with van der Waals surface area (Å²) in [6.45, 7) is 1.49. The predicted molar refractivity (Wildman–Crippen MR) is 57.0 cm³/mol. The second kappa shape index (κ2) is 4.45. The molecule has 0 fully saturated rings. The zero-order chi connectivity index (χ0) is 11.4. The van der Waals surface area contributed by atoms with E-state index in [1.54, 1.807) is 12.1 Å². The van der Waals surface area contributed by atoms with Crippen LogP contribution in [0.25, 0.3) is 0 Å². The largest absolute Gasteiger partial charge is 0.480 e. The standard InChI is InChI=1S/C10H12N2O3/c1-6(10(14)15)12-9-4-8(11)3-2-7(9)5-13/h2-6,12H,11H2,1H3,(H,14,15)/t6-/m0/s1. The van der Waals surface area contributed by atoms with Crippen LogP contribution in [0.1, 0.15) is 17.3 Å². The molecular formula is C10H12N2O3. The van der Waals surface area contributed by atoms with Gasteiger partial charge in [0.1, 0.15) is 6.04 Å². The van der Waals surface area contributed by atoms with Crippen molar-refractivity contribution in [2.45, 2.75) is 13.0 Å². The topological polar surface area (TPSA) is 92.4 Å². The monoisotopic (exact) mass is 208 g/mol. The summed E-state index contributed by atoms with van der Waals surface area (Å²) in [6.07, 6.45) is 0.649. The highest BCUT2D eigenvalue weighted by Crippen LogP contribution is 2.18. The average molecular weight is 208 g/mol. The van der Waals surface area contributed by atoms with Crippen LogP contribution >= 0.6 is 0 Å². The van der Waals surface area contributed by atoms with E-state index in [4.69, 9.17) is 10.8 Å². The van der Waals surface area contributed by atoms with Crippen LogP contribution in [0.4, 0.5) is 11.4 Å². The Kier molecular flexibility index (Phi) is 3.28. The van der Waals surface area contributed by atoms with Crippen molar-refractivity contribution >= 4 is 23.6 Å². The van der Waals surface area contributed by atoms with E-state index in [0.29, 0.717) is 23.2 Å². The van der Waals surface area contributed by atoms with E-state index in [-0.39, 0.29) is 0 Å². The van der Waals surface area contributed by atoms with Crippen LogP contribution < -0.4 is 11.1 Å². The number of benzene rings is 1. The minimum Gasteiger partial charge on any atom is -0.480 e. The van der Waals surface area contributed by atoms with Gasteiger partial charge in [-0.15, -0.1) is 0 Å². The van der Waals surface area contributed by atoms with Crippen LogP contribution in [-0.2, 0) is 4.79 Å². The first-order valence-electron chi connectivity index (χ1n) is 4.38. The summed E-state index contributed by atoms with van der Waals surface area (Å²) >= 11 is 0. The van der Waals surface area contributed by atoms with E-state index in [2.05, 4.69) is 5.32 Å². The van der Waals surface area contributed by atoms with Crippen LogP contribution in [-0.4, -0.2) is 23.4 Å². The van der Waals surface area contributed by atoms with Crippen molar-refractivity contribution in [1.82, 2.24) is 0 Å². The number of carbonyl (C=O) groups excluding carboxylic acids is 1. The van der Waals surface area contributed by atoms with E-state index in [9.17, 15) is 9.59 Å². The van der Waals surface area contributed by atoms with Crippen molar-refractivity contribution < 1.29 is 14.7 Å². The van der Waals surface area contributed by atoms with Gasteiger partial charge in [0.2, 0.25) is 0 Å². The molecule has 1 aromatic rings. The Morgan fingerprint density at radius 1 is 1.60 bits per heavy atom. The molecule has 1 atom stereocenters. The molecule has 1 aromatic carbocycles. The maximum atomic E-state index is 10.7. The second-order valence-corrected chi connectivity index (χ2v) is 3.17. The summed E-state index contributed by atoms with van der Waals surface area (Å²) in [7, 11) is 0. The maximum absolute atomic E-state index is 10.7. The number of aldehydes is 1. The molecule has 5 nitrogen and oxygen atoms in total. The molecule has 0 aliphatic heterocycles. The third-order valence-corrected chi connectivity index (χ3v) is 1.95. The van der Waals surface area contributed by atoms with E-state index in [1.165, 1.54) is 13.0 Å². The quantitative estimate of drug-likeness (QED) is 0.506. The Morgan fingerprint density at radius 3 is 2.80 bits per heavy atom. The number of nitrogen functional groups attached to an aromatic ring is 1. The molecule has 4 N–H and O–H groups in total. The number of rotatable bonds is 4. The zero-order valence-corrected chi connectivity index (χ0v) is 8.23. The summed E-state index contributed by atoms with van der Waals surface area (Å²) in [5.74, 6) is -0.991.